The van der Waals surface area contributed by atoms with Gasteiger partial charge in [0, 0.05) is 26.2 Å². The maximum atomic E-state index is 12.9. The Bertz CT molecular complexity index is 863. The van der Waals surface area contributed by atoms with Crippen molar-refractivity contribution in [3.63, 3.8) is 0 Å². The molecule has 8 heteroatoms. The molecule has 29 heavy (non-hydrogen) atoms. The van der Waals surface area contributed by atoms with Gasteiger partial charge in [-0.1, -0.05) is 36.4 Å². The third-order valence-electron chi connectivity index (χ3n) is 4.99. The van der Waals surface area contributed by atoms with E-state index >= 15 is 0 Å². The topological polar surface area (TPSA) is 111 Å². The maximum absolute atomic E-state index is 12.9. The largest absolute Gasteiger partial charge is 0.357 e. The summed E-state index contributed by atoms with van der Waals surface area (Å²) in [6.45, 7) is 2.04. The Hall–Kier alpha value is -3.23. The number of nitrogens with zero attached hydrogens (tertiary/aromatic N) is 1. The molecule has 0 spiro atoms. The highest BCUT2D eigenvalue weighted by Crippen LogP contribution is 2.23. The molecule has 0 heterocycles. The lowest BCUT2D eigenvalue weighted by Crippen LogP contribution is -2.64. The van der Waals surface area contributed by atoms with Crippen molar-refractivity contribution in [3.8, 4) is 11.1 Å². The van der Waals surface area contributed by atoms with E-state index < -0.39 is 23.3 Å². The molecule has 1 atom stereocenters. The molecular formula is C21H26N4O4. The fourth-order valence-electron chi connectivity index (χ4n) is 2.98. The monoisotopic (exact) mass is 398 g/mol. The summed E-state index contributed by atoms with van der Waals surface area (Å²) in [6, 6.07) is 14.9. The number of hydrogen-bond acceptors (Lipinski definition) is 5. The smallest absolute Gasteiger partial charge is 0.278 e. The van der Waals surface area contributed by atoms with Gasteiger partial charge in [-0.05, 0) is 42.8 Å². The lowest BCUT2D eigenvalue weighted by atomic mass is 9.96. The zero-order valence-electron chi connectivity index (χ0n) is 16.9. The van der Waals surface area contributed by atoms with Crippen molar-refractivity contribution in [2.75, 3.05) is 21.1 Å². The number of nitrogens with one attached hydrogen (secondary N) is 3. The van der Waals surface area contributed by atoms with E-state index in [9.17, 15) is 14.4 Å². The van der Waals surface area contributed by atoms with Gasteiger partial charge in [0.25, 0.3) is 17.7 Å². The summed E-state index contributed by atoms with van der Waals surface area (Å²) in [4.78, 5) is 38.2. The van der Waals surface area contributed by atoms with Crippen molar-refractivity contribution in [1.82, 2.24) is 21.0 Å². The van der Waals surface area contributed by atoms with Gasteiger partial charge >= 0.3 is 0 Å². The van der Waals surface area contributed by atoms with Gasteiger partial charge in [0.1, 0.15) is 0 Å². The number of likely N-dealkylation sites (N-methyl/N-ethyl adjacent to an activating group) is 2. The van der Waals surface area contributed by atoms with Crippen LogP contribution in [0.3, 0.4) is 0 Å². The SMILES string of the molecule is CNCc1ccc(-c2ccc(C(=O)N(C)[C@@](C)(C(=O)NC)C(=O)NO)cc2)cc1. The van der Waals surface area contributed by atoms with Crippen molar-refractivity contribution < 1.29 is 19.6 Å². The predicted octanol–water partition coefficient (Wildman–Crippen LogP) is 1.16. The zero-order valence-corrected chi connectivity index (χ0v) is 16.9. The number of amides is 3. The van der Waals surface area contributed by atoms with Crippen LogP contribution in [0, 0.1) is 0 Å². The summed E-state index contributed by atoms with van der Waals surface area (Å²) < 4.78 is 0. The quantitative estimate of drug-likeness (QED) is 0.318. The fraction of sp³-hybridized carbons (Fsp3) is 0.286. The summed E-state index contributed by atoms with van der Waals surface area (Å²) >= 11 is 0. The van der Waals surface area contributed by atoms with Crippen LogP contribution in [-0.2, 0) is 16.1 Å². The molecule has 0 aliphatic heterocycles. The van der Waals surface area contributed by atoms with E-state index in [1.165, 1.54) is 32.1 Å². The van der Waals surface area contributed by atoms with Crippen LogP contribution in [0.2, 0.25) is 0 Å². The van der Waals surface area contributed by atoms with Crippen molar-refractivity contribution in [2.24, 2.45) is 0 Å². The minimum atomic E-state index is -1.91. The van der Waals surface area contributed by atoms with Crippen LogP contribution in [-0.4, -0.2) is 54.5 Å². The predicted molar refractivity (Wildman–Crippen MR) is 109 cm³/mol. The Labute approximate surface area is 169 Å². The number of hydrogen-bond donors (Lipinski definition) is 4. The first-order chi connectivity index (χ1) is 13.8. The normalized spacial score (nSPS) is 12.6. The third kappa shape index (κ3) is 4.44. The van der Waals surface area contributed by atoms with E-state index in [4.69, 9.17) is 5.21 Å². The molecule has 154 valence electrons. The molecular weight excluding hydrogens is 372 g/mol. The Morgan fingerprint density at radius 3 is 1.90 bits per heavy atom. The van der Waals surface area contributed by atoms with Gasteiger partial charge in [-0.2, -0.15) is 0 Å². The highest BCUT2D eigenvalue weighted by atomic mass is 16.5. The fourth-order valence-corrected chi connectivity index (χ4v) is 2.98. The van der Waals surface area contributed by atoms with Gasteiger partial charge in [0.15, 0.2) is 5.54 Å². The molecule has 2 rings (SSSR count). The summed E-state index contributed by atoms with van der Waals surface area (Å²) in [6.07, 6.45) is 0. The first kappa shape index (κ1) is 22.1. The molecule has 3 amide bonds. The van der Waals surface area contributed by atoms with Crippen LogP contribution < -0.4 is 16.1 Å². The van der Waals surface area contributed by atoms with Crippen LogP contribution >= 0.6 is 0 Å². The molecule has 8 nitrogen and oxygen atoms in total. The van der Waals surface area contributed by atoms with E-state index in [0.29, 0.717) is 5.56 Å². The van der Waals surface area contributed by atoms with Crippen molar-refractivity contribution >= 4 is 17.7 Å². The maximum Gasteiger partial charge on any atom is 0.278 e. The van der Waals surface area contributed by atoms with Gasteiger partial charge in [-0.15, -0.1) is 0 Å². The summed E-state index contributed by atoms with van der Waals surface area (Å²) in [5.41, 5.74) is 2.96. The lowest BCUT2D eigenvalue weighted by molar-refractivity contribution is -0.148. The molecule has 0 aliphatic carbocycles. The Kier molecular flexibility index (Phi) is 7.08. The van der Waals surface area contributed by atoms with E-state index in [2.05, 4.69) is 10.6 Å². The summed E-state index contributed by atoms with van der Waals surface area (Å²) in [7, 11) is 4.57. The molecule has 2 aromatic rings. The van der Waals surface area contributed by atoms with Crippen molar-refractivity contribution in [3.05, 3.63) is 59.7 Å². The van der Waals surface area contributed by atoms with Gasteiger partial charge in [-0.3, -0.25) is 19.6 Å². The molecule has 0 radical (unpaired) electrons. The molecule has 4 N–H and O–H groups in total. The summed E-state index contributed by atoms with van der Waals surface area (Å²) in [5.74, 6) is -2.26. The second-order valence-corrected chi connectivity index (χ2v) is 6.76. The number of benzene rings is 2. The molecule has 0 fully saturated rings. The van der Waals surface area contributed by atoms with E-state index in [1.807, 2.05) is 31.3 Å². The van der Waals surface area contributed by atoms with Crippen LogP contribution in [0.15, 0.2) is 48.5 Å². The second kappa shape index (κ2) is 9.31. The molecule has 0 aromatic heterocycles. The molecule has 0 saturated carbocycles. The minimum Gasteiger partial charge on any atom is -0.357 e. The highest BCUT2D eigenvalue weighted by molar-refractivity contribution is 6.12. The average molecular weight is 398 g/mol. The van der Waals surface area contributed by atoms with Gasteiger partial charge in [0.2, 0.25) is 0 Å². The molecule has 0 bridgehead atoms. The highest BCUT2D eigenvalue weighted by Gasteiger charge is 2.47. The summed E-state index contributed by atoms with van der Waals surface area (Å²) in [5, 5.41) is 14.4. The number of rotatable bonds is 7. The minimum absolute atomic E-state index is 0.309. The zero-order chi connectivity index (χ0) is 21.6. The van der Waals surface area contributed by atoms with Crippen molar-refractivity contribution in [1.29, 1.82) is 0 Å². The first-order valence-electron chi connectivity index (χ1n) is 9.08. The van der Waals surface area contributed by atoms with E-state index in [0.717, 1.165) is 22.6 Å². The van der Waals surface area contributed by atoms with Gasteiger partial charge in [0.05, 0.1) is 0 Å². The third-order valence-corrected chi connectivity index (χ3v) is 4.99. The number of hydroxylamine groups is 1. The number of carbonyl (C=O) groups is 3. The molecule has 0 saturated heterocycles. The molecule has 0 unspecified atom stereocenters. The standard InChI is InChI=1S/C21H26N4O4/c1-21(19(27)23-3,20(28)24-29)25(4)18(26)17-11-9-16(10-12-17)15-7-5-14(6-8-15)13-22-2/h5-12,22,29H,13H2,1-4H3,(H,23,27)(H,24,28)/t21-/m0/s1. The van der Waals surface area contributed by atoms with Crippen molar-refractivity contribution in [2.45, 2.75) is 19.0 Å². The van der Waals surface area contributed by atoms with Crippen LogP contribution in [0.1, 0.15) is 22.8 Å². The average Bonchev–Trinajstić information content (AvgIpc) is 2.77. The van der Waals surface area contributed by atoms with E-state index in [-0.39, 0.29) is 0 Å². The second-order valence-electron chi connectivity index (χ2n) is 6.76. The Morgan fingerprint density at radius 2 is 1.45 bits per heavy atom. The van der Waals surface area contributed by atoms with Gasteiger partial charge < -0.3 is 15.5 Å². The number of carbonyl (C=O) groups excluding carboxylic acids is 3. The van der Waals surface area contributed by atoms with Gasteiger partial charge in [-0.25, -0.2) is 5.48 Å². The Morgan fingerprint density at radius 1 is 0.931 bits per heavy atom. The Balaban J connectivity index is 2.26. The first-order valence-corrected chi connectivity index (χ1v) is 9.08. The van der Waals surface area contributed by atoms with Crippen LogP contribution in [0.25, 0.3) is 11.1 Å². The molecule has 2 aromatic carbocycles. The van der Waals surface area contributed by atoms with Crippen LogP contribution in [0.5, 0.6) is 0 Å². The lowest BCUT2D eigenvalue weighted by Gasteiger charge is -2.34. The molecule has 0 aliphatic rings. The van der Waals surface area contributed by atoms with E-state index in [1.54, 1.807) is 24.3 Å². The van der Waals surface area contributed by atoms with Crippen LogP contribution in [0.4, 0.5) is 0 Å².